The van der Waals surface area contributed by atoms with Gasteiger partial charge in [-0.15, -0.1) is 0 Å². The predicted octanol–water partition coefficient (Wildman–Crippen LogP) is 5.89. The lowest BCUT2D eigenvalue weighted by molar-refractivity contribution is -0.136. The van der Waals surface area contributed by atoms with E-state index in [9.17, 15) is 27.9 Å². The molecule has 0 bridgehead atoms. The molecule has 0 fully saturated rings. The van der Waals surface area contributed by atoms with E-state index in [2.05, 4.69) is 0 Å². The molecule has 5 N–H and O–H groups in total. The lowest BCUT2D eigenvalue weighted by Crippen LogP contribution is -2.09. The number of unbranched alkanes of at least 4 members (excludes halogenated alkanes) is 1. The number of carboxylic acid groups (broad SMARTS) is 1. The molecule has 38 heavy (non-hydrogen) atoms. The first kappa shape index (κ1) is 28.1. The van der Waals surface area contributed by atoms with Crippen LogP contribution in [0.4, 0.5) is 24.5 Å². The summed E-state index contributed by atoms with van der Waals surface area (Å²) in [5, 5.41) is 9.62. The number of esters is 1. The monoisotopic (exact) mass is 528 g/mol. The second kappa shape index (κ2) is 12.7. The number of nitrogens with two attached hydrogens (primary N) is 2. The largest absolute Gasteiger partial charge is 0.494 e. The number of carbonyl (C=O) groups is 2. The quantitative estimate of drug-likeness (QED) is 0.0931. The van der Waals surface area contributed by atoms with Crippen molar-refractivity contribution in [2.24, 2.45) is 0 Å². The molecule has 0 aliphatic rings. The fraction of sp³-hybridized carbons (Fsp3) is 0.214. The van der Waals surface area contributed by atoms with Crippen LogP contribution in [0.25, 0.3) is 6.08 Å². The number of hydrogen-bond acceptors (Lipinski definition) is 6. The average Bonchev–Trinajstić information content (AvgIpc) is 2.86. The molecule has 10 heteroatoms. The van der Waals surface area contributed by atoms with Gasteiger partial charge in [0.25, 0.3) is 0 Å². The molecule has 3 aromatic carbocycles. The van der Waals surface area contributed by atoms with E-state index < -0.39 is 24.5 Å². The molecule has 0 radical (unpaired) electrons. The van der Waals surface area contributed by atoms with E-state index in [0.717, 1.165) is 0 Å². The van der Waals surface area contributed by atoms with Crippen molar-refractivity contribution < 1.29 is 37.3 Å². The van der Waals surface area contributed by atoms with Gasteiger partial charge in [0.1, 0.15) is 11.5 Å². The van der Waals surface area contributed by atoms with Gasteiger partial charge in [-0.1, -0.05) is 12.1 Å². The van der Waals surface area contributed by atoms with Crippen LogP contribution in [0, 0.1) is 0 Å². The first-order valence-corrected chi connectivity index (χ1v) is 11.7. The molecule has 0 unspecified atom stereocenters. The van der Waals surface area contributed by atoms with Crippen LogP contribution in [0.3, 0.4) is 0 Å². The summed E-state index contributed by atoms with van der Waals surface area (Å²) in [6.45, 7) is 0.136. The third-order valence-electron chi connectivity index (χ3n) is 5.47. The van der Waals surface area contributed by atoms with Gasteiger partial charge in [0.15, 0.2) is 0 Å². The zero-order valence-electron chi connectivity index (χ0n) is 20.3. The van der Waals surface area contributed by atoms with Crippen LogP contribution in [-0.4, -0.2) is 29.8 Å². The Labute approximate surface area is 217 Å². The Morgan fingerprint density at radius 2 is 1.55 bits per heavy atom. The number of carboxylic acids is 1. The van der Waals surface area contributed by atoms with E-state index in [4.69, 9.17) is 20.9 Å². The van der Waals surface area contributed by atoms with Crippen molar-refractivity contribution in [3.8, 4) is 11.5 Å². The molecule has 200 valence electrons. The standard InChI is InChI=1S/C28H27F3N2O5/c29-28(30,31)13-1-2-14-37-23-10-5-19(6-11-23)27(36)38-24-8-3-18(4-9-24)15-21(26(34)35)16-20-17-22(32)7-12-25(20)33/h3-12,15,17H,1-2,13-14,16,32-33H2,(H,34,35). The second-order valence-electron chi connectivity index (χ2n) is 8.51. The molecular weight excluding hydrogens is 501 g/mol. The summed E-state index contributed by atoms with van der Waals surface area (Å²) in [5.41, 5.74) is 14.2. The number of anilines is 2. The molecule has 3 aromatic rings. The zero-order chi connectivity index (χ0) is 27.7. The van der Waals surface area contributed by atoms with E-state index in [1.165, 1.54) is 42.5 Å². The minimum atomic E-state index is -4.17. The van der Waals surface area contributed by atoms with E-state index in [1.54, 1.807) is 30.3 Å². The van der Waals surface area contributed by atoms with Crippen LogP contribution >= 0.6 is 0 Å². The van der Waals surface area contributed by atoms with Gasteiger partial charge in [-0.2, -0.15) is 13.2 Å². The van der Waals surface area contributed by atoms with Crippen molar-refractivity contribution in [2.75, 3.05) is 18.1 Å². The Morgan fingerprint density at radius 1 is 0.895 bits per heavy atom. The summed E-state index contributed by atoms with van der Waals surface area (Å²) in [7, 11) is 0. The number of aliphatic carboxylic acids is 1. The summed E-state index contributed by atoms with van der Waals surface area (Å²) in [6, 6.07) is 17.3. The Balaban J connectivity index is 1.56. The number of carbonyl (C=O) groups excluding carboxylic acids is 1. The fourth-order valence-electron chi connectivity index (χ4n) is 3.48. The smallest absolute Gasteiger partial charge is 0.389 e. The molecule has 0 aliphatic carbocycles. The highest BCUT2D eigenvalue weighted by molar-refractivity contribution is 5.93. The fourth-order valence-corrected chi connectivity index (χ4v) is 3.48. The normalized spacial score (nSPS) is 11.7. The van der Waals surface area contributed by atoms with Gasteiger partial charge in [-0.05, 0) is 84.6 Å². The van der Waals surface area contributed by atoms with E-state index in [-0.39, 0.29) is 42.8 Å². The van der Waals surface area contributed by atoms with Gasteiger partial charge >= 0.3 is 18.1 Å². The lowest BCUT2D eigenvalue weighted by atomic mass is 10.0. The summed E-state index contributed by atoms with van der Waals surface area (Å²) in [5.74, 6) is -1.03. The highest BCUT2D eigenvalue weighted by atomic mass is 19.4. The van der Waals surface area contributed by atoms with Crippen molar-refractivity contribution in [1.82, 2.24) is 0 Å². The Morgan fingerprint density at radius 3 is 2.18 bits per heavy atom. The van der Waals surface area contributed by atoms with Crippen molar-refractivity contribution in [1.29, 1.82) is 0 Å². The number of rotatable bonds is 11. The van der Waals surface area contributed by atoms with Crippen LogP contribution in [0.1, 0.15) is 40.7 Å². The average molecular weight is 529 g/mol. The number of alkyl halides is 3. The van der Waals surface area contributed by atoms with E-state index >= 15 is 0 Å². The van der Waals surface area contributed by atoms with E-state index in [1.807, 2.05) is 0 Å². The van der Waals surface area contributed by atoms with Crippen molar-refractivity contribution >= 4 is 29.4 Å². The van der Waals surface area contributed by atoms with Gasteiger partial charge in [0, 0.05) is 29.8 Å². The first-order chi connectivity index (χ1) is 18.0. The maximum absolute atomic E-state index is 12.5. The predicted molar refractivity (Wildman–Crippen MR) is 138 cm³/mol. The molecule has 0 aromatic heterocycles. The van der Waals surface area contributed by atoms with Crippen LogP contribution in [-0.2, 0) is 11.2 Å². The molecule has 0 atom stereocenters. The summed E-state index contributed by atoms with van der Waals surface area (Å²) < 4.78 is 47.3. The Bertz CT molecular complexity index is 1290. The summed E-state index contributed by atoms with van der Waals surface area (Å²) in [4.78, 5) is 24.2. The van der Waals surface area contributed by atoms with Crippen molar-refractivity contribution in [3.05, 3.63) is 89.0 Å². The van der Waals surface area contributed by atoms with E-state index in [0.29, 0.717) is 28.3 Å². The number of benzene rings is 3. The molecular formula is C28H27F3N2O5. The topological polar surface area (TPSA) is 125 Å². The van der Waals surface area contributed by atoms with Crippen LogP contribution in [0.2, 0.25) is 0 Å². The van der Waals surface area contributed by atoms with Crippen LogP contribution in [0.5, 0.6) is 11.5 Å². The second-order valence-corrected chi connectivity index (χ2v) is 8.51. The molecule has 0 amide bonds. The van der Waals surface area contributed by atoms with Gasteiger partial charge in [0.2, 0.25) is 0 Å². The highest BCUT2D eigenvalue weighted by Gasteiger charge is 2.25. The molecule has 0 heterocycles. The van der Waals surface area contributed by atoms with Gasteiger partial charge in [0.05, 0.1) is 12.2 Å². The molecule has 0 spiro atoms. The number of hydrogen-bond donors (Lipinski definition) is 3. The molecule has 3 rings (SSSR count). The third kappa shape index (κ3) is 8.88. The Hall–Kier alpha value is -4.47. The van der Waals surface area contributed by atoms with Gasteiger partial charge in [-0.3, -0.25) is 0 Å². The van der Waals surface area contributed by atoms with Crippen molar-refractivity contribution in [3.63, 3.8) is 0 Å². The van der Waals surface area contributed by atoms with Crippen LogP contribution in [0.15, 0.2) is 72.3 Å². The maximum Gasteiger partial charge on any atom is 0.389 e. The summed E-state index contributed by atoms with van der Waals surface area (Å²) >= 11 is 0. The minimum Gasteiger partial charge on any atom is -0.494 e. The molecule has 0 aliphatic heterocycles. The molecule has 0 saturated heterocycles. The Kier molecular flexibility index (Phi) is 9.37. The lowest BCUT2D eigenvalue weighted by Gasteiger charge is -2.09. The van der Waals surface area contributed by atoms with Gasteiger partial charge < -0.3 is 26.0 Å². The first-order valence-electron chi connectivity index (χ1n) is 11.7. The number of halogens is 3. The summed E-state index contributed by atoms with van der Waals surface area (Å²) in [6.07, 6.45) is -3.20. The number of ether oxygens (including phenoxy) is 2. The molecule has 0 saturated carbocycles. The maximum atomic E-state index is 12.5. The third-order valence-corrected chi connectivity index (χ3v) is 5.47. The van der Waals surface area contributed by atoms with Crippen LogP contribution < -0.4 is 20.9 Å². The zero-order valence-corrected chi connectivity index (χ0v) is 20.3. The SMILES string of the molecule is Nc1ccc(N)c(CC(=Cc2ccc(OC(=O)c3ccc(OCCCCC(F)(F)F)cc3)cc2)C(=O)O)c1. The van der Waals surface area contributed by atoms with Crippen molar-refractivity contribution in [2.45, 2.75) is 31.9 Å². The highest BCUT2D eigenvalue weighted by Crippen LogP contribution is 2.24. The minimum absolute atomic E-state index is 0.0170. The van der Waals surface area contributed by atoms with Gasteiger partial charge in [-0.25, -0.2) is 9.59 Å². The number of nitrogen functional groups attached to an aromatic ring is 2. The molecule has 7 nitrogen and oxygen atoms in total.